The molecule has 1 atom stereocenters. The number of nitrogens with one attached hydrogen (secondary N) is 1. The van der Waals surface area contributed by atoms with Gasteiger partial charge in [0.2, 0.25) is 0 Å². The van der Waals surface area contributed by atoms with Gasteiger partial charge in [0.1, 0.15) is 5.82 Å². The van der Waals surface area contributed by atoms with Crippen molar-refractivity contribution >= 4 is 5.69 Å². The highest BCUT2D eigenvalue weighted by atomic mass is 19.1. The van der Waals surface area contributed by atoms with E-state index in [9.17, 15) is 4.39 Å². The lowest BCUT2D eigenvalue weighted by Crippen LogP contribution is -2.51. The Bertz CT molecular complexity index is 365. The average Bonchev–Trinajstić information content (AvgIpc) is 2.33. The van der Waals surface area contributed by atoms with E-state index in [1.54, 1.807) is 6.07 Å². The molecule has 1 N–H and O–H groups in total. The molecule has 0 aromatic heterocycles. The number of benzene rings is 1. The number of nitrogens with zero attached hydrogens (tertiary/aromatic N) is 1. The SMILES string of the molecule is CCC1CNCCN1c1cccc(F)c1C. The summed E-state index contributed by atoms with van der Waals surface area (Å²) in [5.74, 6) is -0.106. The van der Waals surface area contributed by atoms with Crippen molar-refractivity contribution in [1.29, 1.82) is 0 Å². The zero-order chi connectivity index (χ0) is 11.5. The van der Waals surface area contributed by atoms with Crippen molar-refractivity contribution in [2.75, 3.05) is 24.5 Å². The summed E-state index contributed by atoms with van der Waals surface area (Å²) < 4.78 is 13.5. The second kappa shape index (κ2) is 4.83. The predicted octanol–water partition coefficient (Wildman–Crippen LogP) is 2.32. The van der Waals surface area contributed by atoms with E-state index in [1.807, 2.05) is 13.0 Å². The second-order valence-corrected chi connectivity index (χ2v) is 4.34. The first kappa shape index (κ1) is 11.4. The molecule has 1 aromatic carbocycles. The van der Waals surface area contributed by atoms with Crippen LogP contribution < -0.4 is 10.2 Å². The minimum atomic E-state index is -0.106. The van der Waals surface area contributed by atoms with Crippen LogP contribution in [0.1, 0.15) is 18.9 Å². The van der Waals surface area contributed by atoms with Gasteiger partial charge in [-0.25, -0.2) is 4.39 Å². The summed E-state index contributed by atoms with van der Waals surface area (Å²) in [7, 11) is 0. The third-order valence-corrected chi connectivity index (χ3v) is 3.37. The Morgan fingerprint density at radius 3 is 3.06 bits per heavy atom. The lowest BCUT2D eigenvalue weighted by atomic mass is 10.1. The molecule has 1 fully saturated rings. The first-order chi connectivity index (χ1) is 7.74. The van der Waals surface area contributed by atoms with E-state index in [2.05, 4.69) is 17.1 Å². The summed E-state index contributed by atoms with van der Waals surface area (Å²) >= 11 is 0. The van der Waals surface area contributed by atoms with E-state index >= 15 is 0 Å². The molecule has 1 aromatic rings. The molecule has 1 saturated heterocycles. The highest BCUT2D eigenvalue weighted by Crippen LogP contribution is 2.25. The predicted molar refractivity (Wildman–Crippen MR) is 65.4 cm³/mol. The van der Waals surface area contributed by atoms with Crippen molar-refractivity contribution in [1.82, 2.24) is 5.32 Å². The molecule has 0 saturated carbocycles. The zero-order valence-corrected chi connectivity index (χ0v) is 9.96. The van der Waals surface area contributed by atoms with E-state index in [0.717, 1.165) is 37.3 Å². The molecule has 0 radical (unpaired) electrons. The number of anilines is 1. The van der Waals surface area contributed by atoms with Crippen LogP contribution in [0.5, 0.6) is 0 Å². The minimum Gasteiger partial charge on any atom is -0.366 e. The summed E-state index contributed by atoms with van der Waals surface area (Å²) in [6.07, 6.45) is 1.09. The number of halogens is 1. The van der Waals surface area contributed by atoms with Gasteiger partial charge in [-0.3, -0.25) is 0 Å². The Morgan fingerprint density at radius 2 is 2.31 bits per heavy atom. The highest BCUT2D eigenvalue weighted by molar-refractivity contribution is 5.54. The van der Waals surface area contributed by atoms with Gasteiger partial charge in [-0.15, -0.1) is 0 Å². The van der Waals surface area contributed by atoms with Gasteiger partial charge in [-0.2, -0.15) is 0 Å². The van der Waals surface area contributed by atoms with Crippen LogP contribution in [0, 0.1) is 12.7 Å². The molecule has 1 heterocycles. The van der Waals surface area contributed by atoms with E-state index in [0.29, 0.717) is 6.04 Å². The van der Waals surface area contributed by atoms with Gasteiger partial charge in [0.25, 0.3) is 0 Å². The van der Waals surface area contributed by atoms with Crippen LogP contribution in [-0.4, -0.2) is 25.7 Å². The first-order valence-corrected chi connectivity index (χ1v) is 5.96. The van der Waals surface area contributed by atoms with Crippen LogP contribution in [0.15, 0.2) is 18.2 Å². The maximum Gasteiger partial charge on any atom is 0.128 e. The fourth-order valence-electron chi connectivity index (χ4n) is 2.35. The Hall–Kier alpha value is -1.09. The van der Waals surface area contributed by atoms with Crippen LogP contribution in [0.2, 0.25) is 0 Å². The Balaban J connectivity index is 2.30. The van der Waals surface area contributed by atoms with Gasteiger partial charge < -0.3 is 10.2 Å². The summed E-state index contributed by atoms with van der Waals surface area (Å²) in [4.78, 5) is 2.33. The molecule has 88 valence electrons. The van der Waals surface area contributed by atoms with Crippen molar-refractivity contribution in [3.63, 3.8) is 0 Å². The fourth-order valence-corrected chi connectivity index (χ4v) is 2.35. The van der Waals surface area contributed by atoms with Gasteiger partial charge in [-0.05, 0) is 25.5 Å². The van der Waals surface area contributed by atoms with Gasteiger partial charge in [0, 0.05) is 36.9 Å². The molecule has 1 aliphatic rings. The summed E-state index contributed by atoms with van der Waals surface area (Å²) in [5.41, 5.74) is 1.82. The third kappa shape index (κ3) is 2.05. The van der Waals surface area contributed by atoms with E-state index in [4.69, 9.17) is 0 Å². The molecule has 0 bridgehead atoms. The van der Waals surface area contributed by atoms with Gasteiger partial charge >= 0.3 is 0 Å². The molecular formula is C13H19FN2. The molecule has 1 unspecified atom stereocenters. The van der Waals surface area contributed by atoms with Crippen LogP contribution in [-0.2, 0) is 0 Å². The summed E-state index contributed by atoms with van der Waals surface area (Å²) in [6, 6.07) is 5.83. The van der Waals surface area contributed by atoms with Crippen LogP contribution in [0.4, 0.5) is 10.1 Å². The van der Waals surface area contributed by atoms with Gasteiger partial charge in [0.05, 0.1) is 0 Å². The molecule has 0 spiro atoms. The van der Waals surface area contributed by atoms with Gasteiger partial charge in [-0.1, -0.05) is 13.0 Å². The van der Waals surface area contributed by atoms with Crippen LogP contribution in [0.25, 0.3) is 0 Å². The van der Waals surface area contributed by atoms with Crippen molar-refractivity contribution < 1.29 is 4.39 Å². The number of hydrogen-bond donors (Lipinski definition) is 1. The third-order valence-electron chi connectivity index (χ3n) is 3.37. The van der Waals surface area contributed by atoms with Crippen LogP contribution in [0.3, 0.4) is 0 Å². The van der Waals surface area contributed by atoms with Gasteiger partial charge in [0.15, 0.2) is 0 Å². The summed E-state index contributed by atoms with van der Waals surface area (Å²) in [5, 5.41) is 3.38. The zero-order valence-electron chi connectivity index (χ0n) is 9.96. The second-order valence-electron chi connectivity index (χ2n) is 4.34. The number of piperazine rings is 1. The average molecular weight is 222 g/mol. The number of rotatable bonds is 2. The number of hydrogen-bond acceptors (Lipinski definition) is 2. The van der Waals surface area contributed by atoms with Crippen molar-refractivity contribution in [2.24, 2.45) is 0 Å². The molecular weight excluding hydrogens is 203 g/mol. The Morgan fingerprint density at radius 1 is 1.50 bits per heavy atom. The molecule has 16 heavy (non-hydrogen) atoms. The normalized spacial score (nSPS) is 21.2. The maximum absolute atomic E-state index is 13.5. The lowest BCUT2D eigenvalue weighted by molar-refractivity contribution is 0.464. The quantitative estimate of drug-likeness (QED) is 0.826. The first-order valence-electron chi connectivity index (χ1n) is 5.96. The molecule has 0 amide bonds. The largest absolute Gasteiger partial charge is 0.366 e. The maximum atomic E-state index is 13.5. The summed E-state index contributed by atoms with van der Waals surface area (Å²) in [6.45, 7) is 6.97. The van der Waals surface area contributed by atoms with Crippen LogP contribution >= 0.6 is 0 Å². The van der Waals surface area contributed by atoms with Crippen molar-refractivity contribution in [3.05, 3.63) is 29.6 Å². The molecule has 0 aliphatic carbocycles. The topological polar surface area (TPSA) is 15.3 Å². The smallest absolute Gasteiger partial charge is 0.128 e. The molecule has 2 nitrogen and oxygen atoms in total. The lowest BCUT2D eigenvalue weighted by Gasteiger charge is -2.38. The Labute approximate surface area is 96.5 Å². The van der Waals surface area contributed by atoms with E-state index in [-0.39, 0.29) is 5.82 Å². The standard InChI is InChI=1S/C13H19FN2/c1-3-11-9-15-7-8-16(11)13-6-4-5-12(14)10(13)2/h4-6,11,15H,3,7-9H2,1-2H3. The fraction of sp³-hybridized carbons (Fsp3) is 0.538. The van der Waals surface area contributed by atoms with E-state index < -0.39 is 0 Å². The molecule has 3 heteroatoms. The minimum absolute atomic E-state index is 0.106. The van der Waals surface area contributed by atoms with Crippen molar-refractivity contribution in [2.45, 2.75) is 26.3 Å². The van der Waals surface area contributed by atoms with Crippen molar-refractivity contribution in [3.8, 4) is 0 Å². The molecule has 1 aliphatic heterocycles. The molecule has 2 rings (SSSR count). The Kier molecular flexibility index (Phi) is 3.44. The highest BCUT2D eigenvalue weighted by Gasteiger charge is 2.22. The van der Waals surface area contributed by atoms with E-state index in [1.165, 1.54) is 6.07 Å². The monoisotopic (exact) mass is 222 g/mol.